The molecule has 0 aliphatic carbocycles. The molecule has 2 heterocycles. The first-order chi connectivity index (χ1) is 9.26. The van der Waals surface area contributed by atoms with Gasteiger partial charge in [-0.15, -0.1) is 0 Å². The molecule has 6 nitrogen and oxygen atoms in total. The van der Waals surface area contributed by atoms with E-state index in [0.717, 1.165) is 11.3 Å². The Bertz CT molecular complexity index is 702. The number of nitrogens with zero attached hydrogens (tertiary/aromatic N) is 3. The lowest BCUT2D eigenvalue weighted by Crippen LogP contribution is -1.84. The lowest BCUT2D eigenvalue weighted by Gasteiger charge is -1.99. The molecule has 96 valence electrons. The SMILES string of the molecule is COc1cccc(-c2nc(-c3coc(C)n3)no2)c1. The Morgan fingerprint density at radius 2 is 2.11 bits per heavy atom. The van der Waals surface area contributed by atoms with E-state index in [-0.39, 0.29) is 0 Å². The van der Waals surface area contributed by atoms with Gasteiger partial charge in [0.2, 0.25) is 5.82 Å². The molecule has 0 unspecified atom stereocenters. The molecule has 0 saturated carbocycles. The molecule has 0 amide bonds. The summed E-state index contributed by atoms with van der Waals surface area (Å²) in [4.78, 5) is 8.43. The number of benzene rings is 1. The van der Waals surface area contributed by atoms with Crippen molar-refractivity contribution < 1.29 is 13.7 Å². The number of methoxy groups -OCH3 is 1. The molecule has 0 bridgehead atoms. The van der Waals surface area contributed by atoms with E-state index >= 15 is 0 Å². The minimum Gasteiger partial charge on any atom is -0.497 e. The average molecular weight is 257 g/mol. The summed E-state index contributed by atoms with van der Waals surface area (Å²) in [5.74, 6) is 2.10. The summed E-state index contributed by atoms with van der Waals surface area (Å²) >= 11 is 0. The van der Waals surface area contributed by atoms with E-state index < -0.39 is 0 Å². The standard InChI is InChI=1S/C13H11N3O3/c1-8-14-11(7-18-8)12-15-13(19-16-12)9-4-3-5-10(6-9)17-2/h3-7H,1-2H3. The van der Waals surface area contributed by atoms with Gasteiger partial charge in [0.15, 0.2) is 5.89 Å². The Morgan fingerprint density at radius 1 is 1.21 bits per heavy atom. The van der Waals surface area contributed by atoms with Crippen LogP contribution in [0, 0.1) is 6.92 Å². The van der Waals surface area contributed by atoms with Crippen molar-refractivity contribution >= 4 is 0 Å². The number of ether oxygens (including phenoxy) is 1. The number of oxazole rings is 1. The van der Waals surface area contributed by atoms with E-state index in [1.807, 2.05) is 24.3 Å². The molecule has 3 aromatic rings. The zero-order chi connectivity index (χ0) is 13.2. The number of aryl methyl sites for hydroxylation is 1. The first-order valence-corrected chi connectivity index (χ1v) is 5.67. The molecule has 0 aliphatic rings. The topological polar surface area (TPSA) is 74.2 Å². The largest absolute Gasteiger partial charge is 0.497 e. The van der Waals surface area contributed by atoms with Crippen molar-refractivity contribution in [3.63, 3.8) is 0 Å². The van der Waals surface area contributed by atoms with Crippen LogP contribution in [-0.2, 0) is 0 Å². The van der Waals surface area contributed by atoms with Gasteiger partial charge in [-0.3, -0.25) is 0 Å². The fourth-order valence-electron chi connectivity index (χ4n) is 1.67. The van der Waals surface area contributed by atoms with Gasteiger partial charge in [-0.05, 0) is 18.2 Å². The second-order valence-corrected chi connectivity index (χ2v) is 3.91. The molecule has 0 radical (unpaired) electrons. The minimum absolute atomic E-state index is 0.398. The zero-order valence-electron chi connectivity index (χ0n) is 10.5. The van der Waals surface area contributed by atoms with Crippen LogP contribution in [-0.4, -0.2) is 22.2 Å². The number of aromatic nitrogens is 3. The van der Waals surface area contributed by atoms with Gasteiger partial charge in [0.05, 0.1) is 7.11 Å². The third-order valence-corrected chi connectivity index (χ3v) is 2.59. The molecule has 19 heavy (non-hydrogen) atoms. The van der Waals surface area contributed by atoms with Gasteiger partial charge in [-0.1, -0.05) is 11.2 Å². The Balaban J connectivity index is 1.96. The quantitative estimate of drug-likeness (QED) is 0.718. The number of hydrogen-bond donors (Lipinski definition) is 0. The summed E-state index contributed by atoms with van der Waals surface area (Å²) in [6, 6.07) is 7.40. The van der Waals surface area contributed by atoms with Crippen molar-refractivity contribution in [3.05, 3.63) is 36.4 Å². The van der Waals surface area contributed by atoms with Crippen molar-refractivity contribution in [2.75, 3.05) is 7.11 Å². The molecule has 0 N–H and O–H groups in total. The van der Waals surface area contributed by atoms with E-state index in [4.69, 9.17) is 13.7 Å². The van der Waals surface area contributed by atoms with Crippen LogP contribution in [0.15, 0.2) is 39.5 Å². The maximum atomic E-state index is 5.22. The highest BCUT2D eigenvalue weighted by Crippen LogP contribution is 2.24. The monoisotopic (exact) mass is 257 g/mol. The maximum absolute atomic E-state index is 5.22. The smallest absolute Gasteiger partial charge is 0.258 e. The first kappa shape index (κ1) is 11.5. The van der Waals surface area contributed by atoms with E-state index in [1.54, 1.807) is 14.0 Å². The van der Waals surface area contributed by atoms with Crippen LogP contribution in [0.25, 0.3) is 23.0 Å². The summed E-state index contributed by atoms with van der Waals surface area (Å²) in [6.07, 6.45) is 1.50. The van der Waals surface area contributed by atoms with Gasteiger partial charge < -0.3 is 13.7 Å². The van der Waals surface area contributed by atoms with Crippen LogP contribution in [0.5, 0.6) is 5.75 Å². The summed E-state index contributed by atoms with van der Waals surface area (Å²) in [5, 5.41) is 3.88. The predicted octanol–water partition coefficient (Wildman–Crippen LogP) is 2.71. The van der Waals surface area contributed by atoms with E-state index in [2.05, 4.69) is 15.1 Å². The molecule has 1 aromatic carbocycles. The molecule has 0 saturated heterocycles. The zero-order valence-corrected chi connectivity index (χ0v) is 10.5. The fraction of sp³-hybridized carbons (Fsp3) is 0.154. The maximum Gasteiger partial charge on any atom is 0.258 e. The molecule has 3 rings (SSSR count). The molecule has 0 spiro atoms. The van der Waals surface area contributed by atoms with Gasteiger partial charge in [-0.25, -0.2) is 4.98 Å². The van der Waals surface area contributed by atoms with E-state index in [1.165, 1.54) is 6.26 Å². The van der Waals surface area contributed by atoms with Crippen molar-refractivity contribution in [2.45, 2.75) is 6.92 Å². The van der Waals surface area contributed by atoms with Gasteiger partial charge in [-0.2, -0.15) is 4.98 Å². The van der Waals surface area contributed by atoms with Crippen LogP contribution in [0.4, 0.5) is 0 Å². The van der Waals surface area contributed by atoms with E-state index in [0.29, 0.717) is 23.3 Å². The lowest BCUT2D eigenvalue weighted by molar-refractivity contribution is 0.413. The Morgan fingerprint density at radius 3 is 2.84 bits per heavy atom. The van der Waals surface area contributed by atoms with Crippen LogP contribution in [0.1, 0.15) is 5.89 Å². The molecule has 0 aliphatic heterocycles. The van der Waals surface area contributed by atoms with Crippen molar-refractivity contribution in [1.82, 2.24) is 15.1 Å². The molecule has 2 aromatic heterocycles. The Hall–Kier alpha value is -2.63. The summed E-state index contributed by atoms with van der Waals surface area (Å²) < 4.78 is 15.5. The predicted molar refractivity (Wildman–Crippen MR) is 66.5 cm³/mol. The van der Waals surface area contributed by atoms with Crippen molar-refractivity contribution in [2.24, 2.45) is 0 Å². The first-order valence-electron chi connectivity index (χ1n) is 5.67. The second-order valence-electron chi connectivity index (χ2n) is 3.91. The third kappa shape index (κ3) is 2.20. The summed E-state index contributed by atoms with van der Waals surface area (Å²) in [7, 11) is 1.61. The Labute approximate surface area is 109 Å². The number of hydrogen-bond acceptors (Lipinski definition) is 6. The van der Waals surface area contributed by atoms with Crippen LogP contribution < -0.4 is 4.74 Å². The molecule has 6 heteroatoms. The second kappa shape index (κ2) is 4.56. The molecular weight excluding hydrogens is 246 g/mol. The van der Waals surface area contributed by atoms with Gasteiger partial charge >= 0.3 is 0 Å². The summed E-state index contributed by atoms with van der Waals surface area (Å²) in [6.45, 7) is 1.76. The fourth-order valence-corrected chi connectivity index (χ4v) is 1.67. The van der Waals surface area contributed by atoms with Crippen molar-refractivity contribution in [1.29, 1.82) is 0 Å². The molecular formula is C13H11N3O3. The van der Waals surface area contributed by atoms with Crippen molar-refractivity contribution in [3.8, 4) is 28.7 Å². The third-order valence-electron chi connectivity index (χ3n) is 2.59. The normalized spacial score (nSPS) is 10.6. The van der Waals surface area contributed by atoms with E-state index in [9.17, 15) is 0 Å². The van der Waals surface area contributed by atoms with Crippen LogP contribution >= 0.6 is 0 Å². The van der Waals surface area contributed by atoms with Crippen LogP contribution in [0.3, 0.4) is 0 Å². The minimum atomic E-state index is 0.398. The highest BCUT2D eigenvalue weighted by molar-refractivity contribution is 5.58. The number of rotatable bonds is 3. The average Bonchev–Trinajstić information content (AvgIpc) is 3.07. The highest BCUT2D eigenvalue weighted by Gasteiger charge is 2.13. The molecule has 0 fully saturated rings. The lowest BCUT2D eigenvalue weighted by atomic mass is 10.2. The summed E-state index contributed by atoms with van der Waals surface area (Å²) in [5.41, 5.74) is 1.34. The Kier molecular flexibility index (Phi) is 2.75. The highest BCUT2D eigenvalue weighted by atomic mass is 16.5. The van der Waals surface area contributed by atoms with Gasteiger partial charge in [0.25, 0.3) is 5.89 Å². The van der Waals surface area contributed by atoms with Gasteiger partial charge in [0.1, 0.15) is 17.7 Å². The van der Waals surface area contributed by atoms with Crippen LogP contribution in [0.2, 0.25) is 0 Å². The molecule has 0 atom stereocenters. The van der Waals surface area contributed by atoms with Gasteiger partial charge in [0, 0.05) is 12.5 Å².